The molecular weight excluding hydrogens is 882 g/mol. The van der Waals surface area contributed by atoms with Gasteiger partial charge in [-0.3, -0.25) is 25.1 Å². The van der Waals surface area contributed by atoms with Gasteiger partial charge in [-0.05, 0) is 115 Å². The Kier molecular flexibility index (Phi) is 16.5. The fourth-order valence-electron chi connectivity index (χ4n) is 10.5. The number of piperidine rings is 2. The fraction of sp³-hybridized carbons (Fsp3) is 0.654. The van der Waals surface area contributed by atoms with Crippen molar-refractivity contribution in [2.45, 2.75) is 178 Å². The van der Waals surface area contributed by atoms with Gasteiger partial charge in [0.1, 0.15) is 17.5 Å². The van der Waals surface area contributed by atoms with Gasteiger partial charge in [0, 0.05) is 59.1 Å². The number of aliphatic hydroxyl groups is 1. The molecule has 0 radical (unpaired) electrons. The third kappa shape index (κ3) is 12.1. The molecule has 0 unspecified atom stereocenters. The van der Waals surface area contributed by atoms with Crippen LogP contribution in [0.15, 0.2) is 54.9 Å². The van der Waals surface area contributed by atoms with Gasteiger partial charge in [0.2, 0.25) is 5.60 Å². The van der Waals surface area contributed by atoms with Gasteiger partial charge in [-0.15, -0.1) is 0 Å². The van der Waals surface area contributed by atoms with Crippen LogP contribution in [0.25, 0.3) is 11.4 Å². The van der Waals surface area contributed by atoms with Gasteiger partial charge in [-0.25, -0.2) is 15.0 Å². The Morgan fingerprint density at radius 3 is 1.61 bits per heavy atom. The molecule has 1 amide bonds. The summed E-state index contributed by atoms with van der Waals surface area (Å²) < 4.78 is 38.9. The Balaban J connectivity index is 0.000000157. The second kappa shape index (κ2) is 21.9. The van der Waals surface area contributed by atoms with Crippen LogP contribution >= 0.6 is 0 Å². The summed E-state index contributed by atoms with van der Waals surface area (Å²) in [5, 5.41) is 35.9. The van der Waals surface area contributed by atoms with Crippen LogP contribution in [0, 0.1) is 11.8 Å². The summed E-state index contributed by atoms with van der Waals surface area (Å²) in [5.74, 6) is 6.00. The number of alkyl halides is 3. The highest BCUT2D eigenvalue weighted by molar-refractivity contribution is 5.85. The van der Waals surface area contributed by atoms with E-state index in [1.54, 1.807) is 12.4 Å². The number of nitrogens with zero attached hydrogens (tertiary/aromatic N) is 8. The molecule has 0 bridgehead atoms. The van der Waals surface area contributed by atoms with Gasteiger partial charge < -0.3 is 15.3 Å². The van der Waals surface area contributed by atoms with Crippen LogP contribution in [0.4, 0.5) is 13.2 Å². The molecule has 4 aromatic heterocycles. The Labute approximate surface area is 405 Å². The van der Waals surface area contributed by atoms with Crippen LogP contribution < -0.4 is 5.32 Å². The molecule has 17 heteroatoms. The molecule has 14 nitrogen and oxygen atoms in total. The summed E-state index contributed by atoms with van der Waals surface area (Å²) in [6, 6.07) is 14.0. The Hall–Kier alpha value is -5.03. The molecule has 2 saturated heterocycles. The lowest BCUT2D eigenvalue weighted by atomic mass is 9.73. The standard InChI is InChI=1S/C20H31F3N4O2.C16H28N4.C16H16N4/c1-18(2,16-24-15(25-26-16)13-7-5-4-6-8-13)14-9-11-27(12-10-14)17(28)19(3,29)20(21,22)23;2*1-16(2,13-8-10-17-11-9-13)15-18-14(19-20-15)12-6-4-3-5-7-12/h13-14,29H,4-12H2,1-3H3,(H,24,25,26);12-13,17H,3-11H2,1-2H3,(H,18,19,20);3-11H,1-2H3,(H,18,19,20)/t19-;;/m1../s1. The van der Waals surface area contributed by atoms with Crippen molar-refractivity contribution >= 4 is 5.91 Å². The van der Waals surface area contributed by atoms with Crippen molar-refractivity contribution in [2.24, 2.45) is 11.8 Å². The molecule has 376 valence electrons. The topological polar surface area (TPSA) is 190 Å². The largest absolute Gasteiger partial charge is 0.426 e. The highest BCUT2D eigenvalue weighted by Gasteiger charge is 2.57. The molecule has 4 fully saturated rings. The van der Waals surface area contributed by atoms with E-state index in [1.165, 1.54) is 64.2 Å². The van der Waals surface area contributed by atoms with Crippen molar-refractivity contribution in [3.8, 4) is 11.4 Å². The van der Waals surface area contributed by atoms with Crippen molar-refractivity contribution in [1.82, 2.24) is 60.7 Å². The van der Waals surface area contributed by atoms with E-state index >= 15 is 0 Å². The quantitative estimate of drug-likeness (QED) is 0.0901. The molecule has 1 aromatic carbocycles. The molecule has 2 aliphatic carbocycles. The monoisotopic (exact) mass is 957 g/mol. The average Bonchev–Trinajstić information content (AvgIpc) is 4.19. The Morgan fingerprint density at radius 2 is 1.12 bits per heavy atom. The molecule has 4 aliphatic rings. The van der Waals surface area contributed by atoms with E-state index in [-0.39, 0.29) is 35.3 Å². The molecule has 5 N–H and O–H groups in total. The number of hydrogen-bond acceptors (Lipinski definition) is 10. The fourth-order valence-corrected chi connectivity index (χ4v) is 10.5. The van der Waals surface area contributed by atoms with Crippen LogP contribution in [0.3, 0.4) is 0 Å². The third-order valence-corrected chi connectivity index (χ3v) is 15.8. The van der Waals surface area contributed by atoms with Crippen molar-refractivity contribution in [1.29, 1.82) is 0 Å². The van der Waals surface area contributed by atoms with E-state index in [0.29, 0.717) is 37.5 Å². The highest BCUT2D eigenvalue weighted by Crippen LogP contribution is 2.41. The molecule has 9 rings (SSSR count). The number of hydrogen-bond donors (Lipinski definition) is 5. The van der Waals surface area contributed by atoms with Crippen molar-refractivity contribution in [2.75, 3.05) is 26.2 Å². The summed E-state index contributed by atoms with van der Waals surface area (Å²) in [5.41, 5.74) is -1.68. The Morgan fingerprint density at radius 1 is 0.623 bits per heavy atom. The normalized spacial score (nSPS) is 19.5. The van der Waals surface area contributed by atoms with Crippen LogP contribution in [-0.2, 0) is 21.0 Å². The number of likely N-dealkylation sites (tertiary alicyclic amines) is 1. The van der Waals surface area contributed by atoms with Crippen molar-refractivity contribution in [3.05, 3.63) is 89.5 Å². The summed E-state index contributed by atoms with van der Waals surface area (Å²) >= 11 is 0. The Bertz CT molecular complexity index is 2350. The smallest absolute Gasteiger partial charge is 0.373 e. The molecule has 69 heavy (non-hydrogen) atoms. The maximum absolute atomic E-state index is 13.0. The average molecular weight is 957 g/mol. The van der Waals surface area contributed by atoms with Crippen LogP contribution in [-0.4, -0.2) is 104 Å². The maximum atomic E-state index is 13.0. The number of carbonyl (C=O) groups is 1. The molecule has 6 heterocycles. The SMILES string of the molecule is CC(C)(c1ccncc1)c1nc(-c2ccccc2)n[nH]1.CC(C)(c1n[nH]c(C2CCCCC2)n1)C1CCN(C(=O)[C@@](C)(O)C(F)(F)F)CC1.CC(C)(c1n[nH]c(C2CCCCC2)n1)C1CCNCC1. The summed E-state index contributed by atoms with van der Waals surface area (Å²) in [6.45, 7) is 16.1. The van der Waals surface area contributed by atoms with Gasteiger partial charge in [0.15, 0.2) is 17.5 Å². The van der Waals surface area contributed by atoms with Crippen molar-refractivity contribution in [3.63, 3.8) is 0 Å². The van der Waals surface area contributed by atoms with E-state index < -0.39 is 17.7 Å². The predicted molar refractivity (Wildman–Crippen MR) is 260 cm³/mol. The van der Waals surface area contributed by atoms with Crippen LogP contribution in [0.1, 0.15) is 185 Å². The van der Waals surface area contributed by atoms with E-state index in [2.05, 4.69) is 87.4 Å². The summed E-state index contributed by atoms with van der Waals surface area (Å²) in [4.78, 5) is 31.7. The molecule has 2 saturated carbocycles. The number of carbonyl (C=O) groups excluding carboxylic acids is 1. The zero-order valence-electron chi connectivity index (χ0n) is 41.8. The van der Waals surface area contributed by atoms with E-state index in [9.17, 15) is 23.1 Å². The second-order valence-electron chi connectivity index (χ2n) is 21.6. The lowest BCUT2D eigenvalue weighted by Gasteiger charge is -2.41. The first-order chi connectivity index (χ1) is 32.8. The first-order valence-corrected chi connectivity index (χ1v) is 25.3. The number of aromatic nitrogens is 10. The predicted octanol–water partition coefficient (Wildman–Crippen LogP) is 10.0. The molecule has 2 aliphatic heterocycles. The number of H-pyrrole nitrogens is 3. The molecule has 1 atom stereocenters. The van der Waals surface area contributed by atoms with Gasteiger partial charge in [0.25, 0.3) is 5.91 Å². The number of amides is 1. The van der Waals surface area contributed by atoms with Gasteiger partial charge in [-0.2, -0.15) is 28.5 Å². The van der Waals surface area contributed by atoms with Crippen LogP contribution in [0.2, 0.25) is 0 Å². The van der Waals surface area contributed by atoms with Gasteiger partial charge in [0.05, 0.1) is 0 Å². The molecule has 0 spiro atoms. The second-order valence-corrected chi connectivity index (χ2v) is 21.6. The van der Waals surface area contributed by atoms with E-state index in [4.69, 9.17) is 9.97 Å². The lowest BCUT2D eigenvalue weighted by molar-refractivity contribution is -0.250. The van der Waals surface area contributed by atoms with Gasteiger partial charge >= 0.3 is 6.18 Å². The molecule has 5 aromatic rings. The first kappa shape index (κ1) is 51.8. The molecular formula is C52H75F3N12O2. The summed E-state index contributed by atoms with van der Waals surface area (Å²) in [7, 11) is 0. The third-order valence-electron chi connectivity index (χ3n) is 15.8. The number of halogens is 3. The van der Waals surface area contributed by atoms with Crippen molar-refractivity contribution < 1.29 is 23.1 Å². The maximum Gasteiger partial charge on any atom is 0.426 e. The number of rotatable bonds is 10. The van der Waals surface area contributed by atoms with Gasteiger partial charge in [-0.1, -0.05) is 96.6 Å². The number of aromatic amines is 3. The minimum Gasteiger partial charge on any atom is -0.373 e. The number of pyridine rings is 1. The summed E-state index contributed by atoms with van der Waals surface area (Å²) in [6.07, 6.45) is 14.7. The zero-order chi connectivity index (χ0) is 49.5. The highest BCUT2D eigenvalue weighted by atomic mass is 19.4. The van der Waals surface area contributed by atoms with E-state index in [1.807, 2.05) is 42.5 Å². The number of benzene rings is 1. The zero-order valence-corrected chi connectivity index (χ0v) is 41.8. The number of nitrogens with one attached hydrogen (secondary N) is 4. The minimum absolute atomic E-state index is 0.0888. The first-order valence-electron chi connectivity index (χ1n) is 25.3. The van der Waals surface area contributed by atoms with Crippen LogP contribution in [0.5, 0.6) is 0 Å². The minimum atomic E-state index is -4.99. The lowest BCUT2D eigenvalue weighted by Crippen LogP contribution is -2.58. The van der Waals surface area contributed by atoms with E-state index in [0.717, 1.165) is 76.9 Å².